The number of rotatable bonds is 3. The van der Waals surface area contributed by atoms with Gasteiger partial charge in [0, 0.05) is 6.07 Å². The van der Waals surface area contributed by atoms with E-state index in [4.69, 9.17) is 4.52 Å². The van der Waals surface area contributed by atoms with Crippen molar-refractivity contribution in [3.8, 4) is 0 Å². The third kappa shape index (κ3) is 2.54. The van der Waals surface area contributed by atoms with E-state index < -0.39 is 11.9 Å². The van der Waals surface area contributed by atoms with Crippen LogP contribution in [0.2, 0.25) is 0 Å². The quantitative estimate of drug-likeness (QED) is 0.897. The maximum atomic E-state index is 12.3. The zero-order valence-corrected chi connectivity index (χ0v) is 11.4. The molecule has 1 heterocycles. The minimum Gasteiger partial charge on any atom is -0.478 e. The first kappa shape index (κ1) is 13.8. The van der Waals surface area contributed by atoms with Crippen LogP contribution in [0.4, 0.5) is 5.88 Å². The molecule has 2 aromatic rings. The normalized spacial score (nSPS) is 10.3. The number of nitrogens with zero attached hydrogens (tertiary/aromatic N) is 1. The van der Waals surface area contributed by atoms with Gasteiger partial charge < -0.3 is 9.63 Å². The summed E-state index contributed by atoms with van der Waals surface area (Å²) in [6, 6.07) is 4.94. The Balaban J connectivity index is 2.43. The number of hydrogen-bond donors (Lipinski definition) is 2. The minimum absolute atomic E-state index is 0.00117. The summed E-state index contributed by atoms with van der Waals surface area (Å²) < 4.78 is 4.90. The summed E-state index contributed by atoms with van der Waals surface area (Å²) in [6.07, 6.45) is 0. The monoisotopic (exact) mass is 274 g/mol. The van der Waals surface area contributed by atoms with Gasteiger partial charge >= 0.3 is 5.97 Å². The standard InChI is InChI=1S/C14H14N2O4/c1-7-4-5-8(2)12(14(18)19)11(7)13(17)15-10-6-9(3)16-20-10/h4-6H,1-3H3,(H,15,17)(H,18,19). The van der Waals surface area contributed by atoms with Crippen molar-refractivity contribution in [2.45, 2.75) is 20.8 Å². The van der Waals surface area contributed by atoms with Crippen molar-refractivity contribution in [3.63, 3.8) is 0 Å². The Hall–Kier alpha value is -2.63. The fourth-order valence-corrected chi connectivity index (χ4v) is 1.98. The number of nitrogens with one attached hydrogen (secondary N) is 1. The molecular formula is C14H14N2O4. The van der Waals surface area contributed by atoms with Crippen molar-refractivity contribution in [1.82, 2.24) is 5.16 Å². The molecule has 0 atom stereocenters. The van der Waals surface area contributed by atoms with E-state index in [2.05, 4.69) is 10.5 Å². The van der Waals surface area contributed by atoms with Gasteiger partial charge in [-0.1, -0.05) is 17.3 Å². The third-order valence-electron chi connectivity index (χ3n) is 2.93. The number of carboxylic acid groups (broad SMARTS) is 1. The van der Waals surface area contributed by atoms with Gasteiger partial charge in [-0.05, 0) is 31.9 Å². The number of aromatic carboxylic acids is 1. The van der Waals surface area contributed by atoms with Gasteiger partial charge in [-0.15, -0.1) is 0 Å². The van der Waals surface area contributed by atoms with E-state index in [0.29, 0.717) is 16.8 Å². The molecule has 0 aliphatic rings. The SMILES string of the molecule is Cc1cc(NC(=O)c2c(C)ccc(C)c2C(=O)O)on1. The van der Waals surface area contributed by atoms with Crippen molar-refractivity contribution >= 4 is 17.8 Å². The molecule has 1 amide bonds. The lowest BCUT2D eigenvalue weighted by Crippen LogP contribution is -2.18. The van der Waals surface area contributed by atoms with E-state index in [1.165, 1.54) is 0 Å². The number of carbonyl (C=O) groups excluding carboxylic acids is 1. The van der Waals surface area contributed by atoms with Crippen molar-refractivity contribution in [2.24, 2.45) is 0 Å². The summed E-state index contributed by atoms with van der Waals surface area (Å²) in [4.78, 5) is 23.6. The van der Waals surface area contributed by atoms with E-state index in [-0.39, 0.29) is 17.0 Å². The number of carboxylic acids is 1. The highest BCUT2D eigenvalue weighted by molar-refractivity contribution is 6.11. The predicted octanol–water partition coefficient (Wildman–Crippen LogP) is 2.55. The molecule has 1 aromatic heterocycles. The molecule has 0 bridgehead atoms. The second-order valence-electron chi connectivity index (χ2n) is 4.54. The van der Waals surface area contributed by atoms with Gasteiger partial charge in [0.1, 0.15) is 0 Å². The molecule has 6 heteroatoms. The van der Waals surface area contributed by atoms with Crippen LogP contribution in [-0.2, 0) is 0 Å². The summed E-state index contributed by atoms with van der Waals surface area (Å²) >= 11 is 0. The lowest BCUT2D eigenvalue weighted by molar-refractivity contribution is 0.0691. The van der Waals surface area contributed by atoms with Crippen LogP contribution < -0.4 is 5.32 Å². The minimum atomic E-state index is -1.13. The molecule has 0 aliphatic carbocycles. The molecule has 0 fully saturated rings. The maximum absolute atomic E-state index is 12.3. The van der Waals surface area contributed by atoms with Crippen LogP contribution in [0.25, 0.3) is 0 Å². The van der Waals surface area contributed by atoms with Crippen molar-refractivity contribution in [2.75, 3.05) is 5.32 Å². The summed E-state index contributed by atoms with van der Waals surface area (Å²) in [5, 5.41) is 15.4. The molecule has 0 radical (unpaired) electrons. The number of hydrogen-bond acceptors (Lipinski definition) is 4. The van der Waals surface area contributed by atoms with Crippen LogP contribution in [0, 0.1) is 20.8 Å². The largest absolute Gasteiger partial charge is 0.478 e. The number of benzene rings is 1. The number of carbonyl (C=O) groups is 2. The van der Waals surface area contributed by atoms with Crippen molar-refractivity contribution < 1.29 is 19.2 Å². The molecule has 104 valence electrons. The molecule has 0 spiro atoms. The summed E-state index contributed by atoms with van der Waals surface area (Å²) in [7, 11) is 0. The predicted molar refractivity (Wildman–Crippen MR) is 72.1 cm³/mol. The smallest absolute Gasteiger partial charge is 0.336 e. The van der Waals surface area contributed by atoms with Crippen molar-refractivity contribution in [3.05, 3.63) is 46.1 Å². The molecule has 20 heavy (non-hydrogen) atoms. The topological polar surface area (TPSA) is 92.4 Å². The molecule has 6 nitrogen and oxygen atoms in total. The molecular weight excluding hydrogens is 260 g/mol. The van der Waals surface area contributed by atoms with E-state index >= 15 is 0 Å². The Morgan fingerprint density at radius 2 is 1.75 bits per heavy atom. The van der Waals surface area contributed by atoms with Crippen LogP contribution in [-0.4, -0.2) is 22.1 Å². The first-order valence-corrected chi connectivity index (χ1v) is 5.98. The lowest BCUT2D eigenvalue weighted by atomic mass is 9.96. The fourth-order valence-electron chi connectivity index (χ4n) is 1.98. The Morgan fingerprint density at radius 1 is 1.15 bits per heavy atom. The maximum Gasteiger partial charge on any atom is 0.336 e. The van der Waals surface area contributed by atoms with Crippen LogP contribution >= 0.6 is 0 Å². The Labute approximate surface area is 115 Å². The molecule has 2 N–H and O–H groups in total. The molecule has 0 saturated heterocycles. The summed E-state index contributed by atoms with van der Waals surface area (Å²) in [6.45, 7) is 5.06. The van der Waals surface area contributed by atoms with Gasteiger partial charge in [-0.2, -0.15) is 0 Å². The lowest BCUT2D eigenvalue weighted by Gasteiger charge is -2.11. The second kappa shape index (κ2) is 5.16. The Morgan fingerprint density at radius 3 is 2.25 bits per heavy atom. The number of amides is 1. The average molecular weight is 274 g/mol. The van der Waals surface area contributed by atoms with Crippen LogP contribution in [0.1, 0.15) is 37.5 Å². The first-order chi connectivity index (χ1) is 9.40. The van der Waals surface area contributed by atoms with Gasteiger partial charge in [-0.3, -0.25) is 10.1 Å². The number of aryl methyl sites for hydroxylation is 3. The molecule has 0 aliphatic heterocycles. The molecule has 1 aromatic carbocycles. The Kier molecular flexibility index (Phi) is 3.56. The average Bonchev–Trinajstić information content (AvgIpc) is 2.76. The van der Waals surface area contributed by atoms with Crippen LogP contribution in [0.3, 0.4) is 0 Å². The number of aromatic nitrogens is 1. The van der Waals surface area contributed by atoms with Gasteiger partial charge in [0.05, 0.1) is 16.8 Å². The van der Waals surface area contributed by atoms with Crippen LogP contribution in [0.5, 0.6) is 0 Å². The molecule has 0 saturated carbocycles. The highest BCUT2D eigenvalue weighted by Gasteiger charge is 2.22. The van der Waals surface area contributed by atoms with E-state index in [0.717, 1.165) is 0 Å². The van der Waals surface area contributed by atoms with Crippen molar-refractivity contribution in [1.29, 1.82) is 0 Å². The molecule has 0 unspecified atom stereocenters. The van der Waals surface area contributed by atoms with E-state index in [1.807, 2.05) is 0 Å². The molecule has 2 rings (SSSR count). The highest BCUT2D eigenvalue weighted by atomic mass is 16.5. The third-order valence-corrected chi connectivity index (χ3v) is 2.93. The van der Waals surface area contributed by atoms with E-state index in [9.17, 15) is 14.7 Å². The van der Waals surface area contributed by atoms with Crippen LogP contribution in [0.15, 0.2) is 22.7 Å². The first-order valence-electron chi connectivity index (χ1n) is 5.98. The zero-order chi connectivity index (χ0) is 14.9. The van der Waals surface area contributed by atoms with E-state index in [1.54, 1.807) is 39.0 Å². The Bertz CT molecular complexity index is 688. The highest BCUT2D eigenvalue weighted by Crippen LogP contribution is 2.20. The summed E-state index contributed by atoms with van der Waals surface area (Å²) in [5.74, 6) is -1.48. The zero-order valence-electron chi connectivity index (χ0n) is 11.4. The second-order valence-corrected chi connectivity index (χ2v) is 4.54. The van der Waals surface area contributed by atoms with Gasteiger partial charge in [0.25, 0.3) is 5.91 Å². The van der Waals surface area contributed by atoms with Gasteiger partial charge in [0.15, 0.2) is 0 Å². The van der Waals surface area contributed by atoms with Gasteiger partial charge in [0.2, 0.25) is 5.88 Å². The fraction of sp³-hybridized carbons (Fsp3) is 0.214. The number of anilines is 1. The summed E-state index contributed by atoms with van der Waals surface area (Å²) in [5.41, 5.74) is 1.87. The van der Waals surface area contributed by atoms with Gasteiger partial charge in [-0.25, -0.2) is 4.79 Å².